The number of allylic oxidation sites excluding steroid dienone is 2. The molecule has 0 N–H and O–H groups in total. The molecule has 106 valence electrons. The van der Waals surface area contributed by atoms with Crippen LogP contribution in [0.2, 0.25) is 0 Å². The Kier molecular flexibility index (Phi) is 3.66. The van der Waals surface area contributed by atoms with Crippen LogP contribution in [0.5, 0.6) is 0 Å². The minimum Gasteiger partial charge on any atom is -0.466 e. The van der Waals surface area contributed by atoms with Crippen molar-refractivity contribution in [3.63, 3.8) is 0 Å². The van der Waals surface area contributed by atoms with Crippen molar-refractivity contribution in [2.45, 2.75) is 70.5 Å². The molecule has 3 aliphatic rings. The molecule has 1 saturated carbocycles. The summed E-state index contributed by atoms with van der Waals surface area (Å²) in [7, 11) is 0. The van der Waals surface area contributed by atoms with Gasteiger partial charge in [0.15, 0.2) is 0 Å². The second kappa shape index (κ2) is 5.28. The van der Waals surface area contributed by atoms with Crippen LogP contribution in [0.25, 0.3) is 0 Å². The van der Waals surface area contributed by atoms with E-state index < -0.39 is 0 Å². The predicted molar refractivity (Wildman–Crippen MR) is 72.7 cm³/mol. The van der Waals surface area contributed by atoms with Gasteiger partial charge in [0.1, 0.15) is 0 Å². The maximum atomic E-state index is 12.5. The van der Waals surface area contributed by atoms with E-state index in [2.05, 4.69) is 6.08 Å². The van der Waals surface area contributed by atoms with Crippen LogP contribution in [0.1, 0.15) is 58.3 Å². The van der Waals surface area contributed by atoms with Gasteiger partial charge in [0.05, 0.1) is 24.2 Å². The van der Waals surface area contributed by atoms with Gasteiger partial charge in [-0.15, -0.1) is 0 Å². The number of esters is 1. The van der Waals surface area contributed by atoms with Gasteiger partial charge in [0.2, 0.25) is 0 Å². The number of ether oxygens (including phenoxy) is 2. The minimum absolute atomic E-state index is 0.00965. The van der Waals surface area contributed by atoms with Crippen molar-refractivity contribution in [3.8, 4) is 0 Å². The Labute approximate surface area is 115 Å². The maximum absolute atomic E-state index is 12.5. The fourth-order valence-electron chi connectivity index (χ4n) is 3.72. The van der Waals surface area contributed by atoms with Gasteiger partial charge in [-0.1, -0.05) is 11.6 Å². The van der Waals surface area contributed by atoms with Gasteiger partial charge in [-0.3, -0.25) is 4.79 Å². The largest absolute Gasteiger partial charge is 0.466 e. The number of fused-ring (bicyclic) bond motifs is 1. The topological polar surface area (TPSA) is 38.8 Å². The van der Waals surface area contributed by atoms with Crippen LogP contribution in [0.4, 0.5) is 0 Å². The summed E-state index contributed by atoms with van der Waals surface area (Å²) >= 11 is 0. The van der Waals surface area contributed by atoms with Gasteiger partial charge in [0.25, 0.3) is 0 Å². The third-order valence-electron chi connectivity index (χ3n) is 4.85. The Morgan fingerprint density at radius 2 is 2.37 bits per heavy atom. The Morgan fingerprint density at radius 3 is 3.05 bits per heavy atom. The molecule has 0 aromatic carbocycles. The van der Waals surface area contributed by atoms with E-state index in [4.69, 9.17) is 9.47 Å². The molecule has 3 rings (SSSR count). The fourth-order valence-corrected chi connectivity index (χ4v) is 3.72. The maximum Gasteiger partial charge on any atom is 0.312 e. The lowest BCUT2D eigenvalue weighted by Gasteiger charge is -2.34. The van der Waals surface area contributed by atoms with Crippen LogP contribution >= 0.6 is 0 Å². The molecule has 1 aliphatic heterocycles. The number of hydrogen-bond donors (Lipinski definition) is 0. The molecule has 3 unspecified atom stereocenters. The molecule has 0 spiro atoms. The van der Waals surface area contributed by atoms with Gasteiger partial charge in [-0.05, 0) is 58.3 Å². The van der Waals surface area contributed by atoms with E-state index in [1.165, 1.54) is 24.8 Å². The highest BCUT2D eigenvalue weighted by molar-refractivity contribution is 5.77. The van der Waals surface area contributed by atoms with Crippen LogP contribution in [0.3, 0.4) is 0 Å². The molecule has 3 heteroatoms. The van der Waals surface area contributed by atoms with E-state index >= 15 is 0 Å². The molecule has 1 saturated heterocycles. The summed E-state index contributed by atoms with van der Waals surface area (Å²) in [5, 5.41) is 0. The number of carbonyl (C=O) groups is 1. The first kappa shape index (κ1) is 13.2. The van der Waals surface area contributed by atoms with Crippen molar-refractivity contribution in [1.82, 2.24) is 0 Å². The predicted octanol–water partition coefficient (Wildman–Crippen LogP) is 3.38. The second-order valence-electron chi connectivity index (χ2n) is 6.24. The lowest BCUT2D eigenvalue weighted by molar-refractivity contribution is -0.157. The third kappa shape index (κ3) is 2.71. The van der Waals surface area contributed by atoms with Gasteiger partial charge in [-0.25, -0.2) is 0 Å². The smallest absolute Gasteiger partial charge is 0.312 e. The monoisotopic (exact) mass is 264 g/mol. The van der Waals surface area contributed by atoms with Crippen LogP contribution in [-0.2, 0) is 14.3 Å². The number of epoxide rings is 1. The van der Waals surface area contributed by atoms with Crippen molar-refractivity contribution < 1.29 is 14.3 Å². The van der Waals surface area contributed by atoms with Crippen molar-refractivity contribution in [2.75, 3.05) is 6.61 Å². The van der Waals surface area contributed by atoms with Gasteiger partial charge < -0.3 is 9.47 Å². The van der Waals surface area contributed by atoms with Gasteiger partial charge in [-0.2, -0.15) is 0 Å². The Balaban J connectivity index is 1.75. The van der Waals surface area contributed by atoms with E-state index in [1.54, 1.807) is 0 Å². The van der Waals surface area contributed by atoms with Crippen molar-refractivity contribution >= 4 is 5.97 Å². The molecule has 3 atom stereocenters. The fraction of sp³-hybridized carbons (Fsp3) is 0.812. The van der Waals surface area contributed by atoms with Crippen LogP contribution in [0, 0.1) is 5.41 Å². The zero-order valence-electron chi connectivity index (χ0n) is 11.8. The molecule has 0 amide bonds. The highest BCUT2D eigenvalue weighted by Gasteiger charge is 2.54. The summed E-state index contributed by atoms with van der Waals surface area (Å²) in [4.78, 5) is 12.5. The summed E-state index contributed by atoms with van der Waals surface area (Å²) in [6.45, 7) is 2.37. The summed E-state index contributed by atoms with van der Waals surface area (Å²) in [5.74, 6) is 0.00965. The first-order chi connectivity index (χ1) is 9.23. The molecule has 0 aromatic heterocycles. The summed E-state index contributed by atoms with van der Waals surface area (Å²) in [5.41, 5.74) is 1.18. The molecule has 0 bridgehead atoms. The highest BCUT2D eigenvalue weighted by Crippen LogP contribution is 2.50. The van der Waals surface area contributed by atoms with Gasteiger partial charge >= 0.3 is 5.97 Å². The normalized spacial score (nSPS) is 37.2. The quantitative estimate of drug-likeness (QED) is 0.444. The zero-order valence-corrected chi connectivity index (χ0v) is 11.8. The Hall–Kier alpha value is -0.830. The van der Waals surface area contributed by atoms with E-state index in [-0.39, 0.29) is 11.4 Å². The molecule has 2 fully saturated rings. The molecule has 1 heterocycles. The average molecular weight is 264 g/mol. The number of rotatable bonds is 4. The van der Waals surface area contributed by atoms with Crippen molar-refractivity contribution in [2.24, 2.45) is 5.41 Å². The summed E-state index contributed by atoms with van der Waals surface area (Å²) in [6, 6.07) is 0. The molecule has 3 nitrogen and oxygen atoms in total. The van der Waals surface area contributed by atoms with Crippen LogP contribution in [-0.4, -0.2) is 24.8 Å². The number of carbonyl (C=O) groups excluding carboxylic acids is 1. The molecule has 0 aromatic rings. The third-order valence-corrected chi connectivity index (χ3v) is 4.85. The minimum atomic E-state index is -0.295. The molecular weight excluding hydrogens is 240 g/mol. The first-order valence-corrected chi connectivity index (χ1v) is 7.74. The Morgan fingerprint density at radius 1 is 1.47 bits per heavy atom. The van der Waals surface area contributed by atoms with Crippen LogP contribution in [0.15, 0.2) is 11.6 Å². The SMILES string of the molecule is CCOC(=O)C1(CC2=CCCCC2)CCC2OC2C1. The summed E-state index contributed by atoms with van der Waals surface area (Å²) < 4.78 is 11.0. The van der Waals surface area contributed by atoms with Gasteiger partial charge in [0, 0.05) is 0 Å². The first-order valence-electron chi connectivity index (χ1n) is 7.74. The molecule has 19 heavy (non-hydrogen) atoms. The van der Waals surface area contributed by atoms with E-state index in [0.717, 1.165) is 32.1 Å². The average Bonchev–Trinajstić information content (AvgIpc) is 3.18. The van der Waals surface area contributed by atoms with Crippen molar-refractivity contribution in [3.05, 3.63) is 11.6 Å². The van der Waals surface area contributed by atoms with Crippen LogP contribution < -0.4 is 0 Å². The standard InChI is InChI=1S/C16H24O3/c1-2-18-15(17)16(9-8-13-14(11-16)19-13)10-12-6-4-3-5-7-12/h6,13-14H,2-5,7-11H2,1H3. The zero-order chi connectivity index (χ0) is 13.3. The van der Waals surface area contributed by atoms with E-state index in [9.17, 15) is 4.79 Å². The molecular formula is C16H24O3. The summed E-state index contributed by atoms with van der Waals surface area (Å²) in [6.07, 6.45) is 11.7. The number of hydrogen-bond acceptors (Lipinski definition) is 3. The van der Waals surface area contributed by atoms with E-state index in [1.807, 2.05) is 6.92 Å². The molecule has 2 aliphatic carbocycles. The van der Waals surface area contributed by atoms with E-state index in [0.29, 0.717) is 18.8 Å². The Bertz CT molecular complexity index is 387. The lowest BCUT2D eigenvalue weighted by atomic mass is 9.69. The lowest BCUT2D eigenvalue weighted by Crippen LogP contribution is -2.38. The van der Waals surface area contributed by atoms with Crippen molar-refractivity contribution in [1.29, 1.82) is 0 Å². The molecule has 0 radical (unpaired) electrons. The second-order valence-corrected chi connectivity index (χ2v) is 6.24. The highest BCUT2D eigenvalue weighted by atomic mass is 16.6.